The number of ether oxygens (including phenoxy) is 1. The van der Waals surface area contributed by atoms with E-state index in [2.05, 4.69) is 42.9 Å². The second-order valence-corrected chi connectivity index (χ2v) is 7.32. The van der Waals surface area contributed by atoms with Crippen LogP contribution in [0.1, 0.15) is 42.5 Å². The number of nitrogens with zero attached hydrogens (tertiary/aromatic N) is 1. The summed E-state index contributed by atoms with van der Waals surface area (Å²) in [5, 5.41) is 9.69. The molecule has 3 rings (SSSR count). The van der Waals surface area contributed by atoms with Gasteiger partial charge in [0, 0.05) is 12.6 Å². The fourth-order valence-electron chi connectivity index (χ4n) is 3.65. The van der Waals surface area contributed by atoms with Crippen molar-refractivity contribution in [3.05, 3.63) is 34.9 Å². The molecule has 0 spiro atoms. The van der Waals surface area contributed by atoms with Crippen LogP contribution in [-0.4, -0.2) is 53.9 Å². The van der Waals surface area contributed by atoms with Crippen molar-refractivity contribution < 1.29 is 14.6 Å². The second-order valence-electron chi connectivity index (χ2n) is 7.32. The summed E-state index contributed by atoms with van der Waals surface area (Å²) in [6, 6.07) is 6.27. The van der Waals surface area contributed by atoms with E-state index in [4.69, 9.17) is 4.74 Å². The molecule has 25 heavy (non-hydrogen) atoms. The summed E-state index contributed by atoms with van der Waals surface area (Å²) >= 11 is 0. The molecule has 1 aromatic carbocycles. The largest absolute Gasteiger partial charge is 0.393 e. The number of hydrazine groups is 1. The molecular formula is C19H29N3O3. The van der Waals surface area contributed by atoms with E-state index in [-0.39, 0.29) is 24.0 Å². The van der Waals surface area contributed by atoms with Crippen molar-refractivity contribution >= 4 is 5.91 Å². The minimum absolute atomic E-state index is 0.0521. The molecule has 2 saturated heterocycles. The Morgan fingerprint density at radius 1 is 1.36 bits per heavy atom. The zero-order chi connectivity index (χ0) is 18.0. The van der Waals surface area contributed by atoms with Gasteiger partial charge in [0.05, 0.1) is 25.4 Å². The van der Waals surface area contributed by atoms with Crippen LogP contribution in [0.3, 0.4) is 0 Å². The third-order valence-corrected chi connectivity index (χ3v) is 5.26. The Balaban J connectivity index is 1.65. The lowest BCUT2D eigenvalue weighted by Gasteiger charge is -2.37. The fraction of sp³-hybridized carbons (Fsp3) is 0.632. The van der Waals surface area contributed by atoms with Crippen molar-refractivity contribution in [2.24, 2.45) is 0 Å². The van der Waals surface area contributed by atoms with Gasteiger partial charge in [0.2, 0.25) is 5.91 Å². The maximum absolute atomic E-state index is 13.0. The van der Waals surface area contributed by atoms with Crippen molar-refractivity contribution in [1.29, 1.82) is 0 Å². The lowest BCUT2D eigenvalue weighted by atomic mass is 9.97. The van der Waals surface area contributed by atoms with E-state index in [1.807, 2.05) is 4.90 Å². The molecule has 6 heteroatoms. The van der Waals surface area contributed by atoms with Crippen molar-refractivity contribution in [2.45, 2.75) is 57.8 Å². The third-order valence-electron chi connectivity index (χ3n) is 5.26. The van der Waals surface area contributed by atoms with E-state index in [1.54, 1.807) is 6.92 Å². The summed E-state index contributed by atoms with van der Waals surface area (Å²) in [6.45, 7) is 7.61. The molecule has 0 aromatic heterocycles. The average Bonchev–Trinajstić information content (AvgIpc) is 3.07. The molecule has 0 aliphatic carbocycles. The molecule has 4 atom stereocenters. The molecule has 2 aliphatic heterocycles. The smallest absolute Gasteiger partial charge is 0.241 e. The number of hydrogen-bond acceptors (Lipinski definition) is 5. The van der Waals surface area contributed by atoms with E-state index in [1.165, 1.54) is 16.7 Å². The Bertz CT molecular complexity index is 620. The molecule has 3 N–H and O–H groups in total. The number of benzene rings is 1. The molecule has 2 fully saturated rings. The first kappa shape index (κ1) is 18.3. The first-order chi connectivity index (χ1) is 12.0. The average molecular weight is 347 g/mol. The van der Waals surface area contributed by atoms with Gasteiger partial charge in [-0.15, -0.1) is 0 Å². The monoisotopic (exact) mass is 347 g/mol. The Labute approximate surface area is 149 Å². The standard InChI is InChI=1S/C19H29N3O3/c1-12-4-5-15(8-13(12)2)17-10-18(21-20-17)19(24)22-6-7-25-11-16(22)9-14(3)23/h4-5,8,14,16-18,20-21,23H,6-7,9-11H2,1-3H3. The first-order valence-electron chi connectivity index (χ1n) is 9.10. The number of aliphatic hydroxyl groups is 1. The summed E-state index contributed by atoms with van der Waals surface area (Å²) in [6.07, 6.45) is 0.826. The number of amides is 1. The summed E-state index contributed by atoms with van der Waals surface area (Å²) in [4.78, 5) is 14.8. The summed E-state index contributed by atoms with van der Waals surface area (Å²) in [5.41, 5.74) is 10.2. The second kappa shape index (κ2) is 7.83. The van der Waals surface area contributed by atoms with Gasteiger partial charge in [0.15, 0.2) is 0 Å². The molecule has 0 bridgehead atoms. The number of carbonyl (C=O) groups is 1. The lowest BCUT2D eigenvalue weighted by molar-refractivity contribution is -0.143. The van der Waals surface area contributed by atoms with Crippen LogP contribution in [0.15, 0.2) is 18.2 Å². The van der Waals surface area contributed by atoms with Gasteiger partial charge in [-0.1, -0.05) is 18.2 Å². The molecule has 1 aromatic rings. The molecule has 2 heterocycles. The van der Waals surface area contributed by atoms with E-state index >= 15 is 0 Å². The van der Waals surface area contributed by atoms with E-state index < -0.39 is 6.10 Å². The number of nitrogens with one attached hydrogen (secondary N) is 2. The van der Waals surface area contributed by atoms with Gasteiger partial charge in [-0.25, -0.2) is 10.9 Å². The molecule has 6 nitrogen and oxygen atoms in total. The van der Waals surface area contributed by atoms with Gasteiger partial charge >= 0.3 is 0 Å². The van der Waals surface area contributed by atoms with Gasteiger partial charge in [0.1, 0.15) is 6.04 Å². The number of hydrogen-bond donors (Lipinski definition) is 3. The van der Waals surface area contributed by atoms with Crippen molar-refractivity contribution in [1.82, 2.24) is 15.8 Å². The van der Waals surface area contributed by atoms with Gasteiger partial charge in [-0.05, 0) is 50.3 Å². The predicted molar refractivity (Wildman–Crippen MR) is 96.0 cm³/mol. The fourth-order valence-corrected chi connectivity index (χ4v) is 3.65. The van der Waals surface area contributed by atoms with Crippen LogP contribution < -0.4 is 10.9 Å². The minimum atomic E-state index is -0.444. The van der Waals surface area contributed by atoms with Gasteiger partial charge in [-0.3, -0.25) is 4.79 Å². The van der Waals surface area contributed by atoms with E-state index in [0.29, 0.717) is 26.2 Å². The molecule has 138 valence electrons. The molecule has 4 unspecified atom stereocenters. The van der Waals surface area contributed by atoms with Crippen molar-refractivity contribution in [3.8, 4) is 0 Å². The molecular weight excluding hydrogens is 318 g/mol. The summed E-state index contributed by atoms with van der Waals surface area (Å²) in [5.74, 6) is 0.0905. The maximum atomic E-state index is 13.0. The Hall–Kier alpha value is -1.47. The zero-order valence-electron chi connectivity index (χ0n) is 15.3. The van der Waals surface area contributed by atoms with Crippen molar-refractivity contribution in [3.63, 3.8) is 0 Å². The number of aliphatic hydroxyl groups excluding tert-OH is 1. The highest BCUT2D eigenvalue weighted by Crippen LogP contribution is 2.26. The van der Waals surface area contributed by atoms with Crippen LogP contribution in [0.2, 0.25) is 0 Å². The minimum Gasteiger partial charge on any atom is -0.393 e. The lowest BCUT2D eigenvalue weighted by Crippen LogP contribution is -2.55. The molecule has 0 radical (unpaired) electrons. The van der Waals surface area contributed by atoms with Gasteiger partial charge in [0.25, 0.3) is 0 Å². The highest BCUT2D eigenvalue weighted by atomic mass is 16.5. The predicted octanol–water partition coefficient (Wildman–Crippen LogP) is 1.21. The van der Waals surface area contributed by atoms with Crippen LogP contribution in [-0.2, 0) is 9.53 Å². The Morgan fingerprint density at radius 3 is 2.88 bits per heavy atom. The Morgan fingerprint density at radius 2 is 2.16 bits per heavy atom. The SMILES string of the molecule is Cc1ccc(C2CC(C(=O)N3CCOCC3CC(C)O)NN2)cc1C. The van der Waals surface area contributed by atoms with Crippen LogP contribution in [0.5, 0.6) is 0 Å². The number of morpholine rings is 1. The van der Waals surface area contributed by atoms with Crippen LogP contribution in [0.4, 0.5) is 0 Å². The van der Waals surface area contributed by atoms with Gasteiger partial charge < -0.3 is 14.7 Å². The van der Waals surface area contributed by atoms with Crippen LogP contribution in [0, 0.1) is 13.8 Å². The number of carbonyl (C=O) groups excluding carboxylic acids is 1. The van der Waals surface area contributed by atoms with Gasteiger partial charge in [-0.2, -0.15) is 0 Å². The third kappa shape index (κ3) is 4.20. The topological polar surface area (TPSA) is 73.8 Å². The molecule has 2 aliphatic rings. The van der Waals surface area contributed by atoms with E-state index in [0.717, 1.165) is 6.42 Å². The van der Waals surface area contributed by atoms with Crippen LogP contribution >= 0.6 is 0 Å². The highest BCUT2D eigenvalue weighted by molar-refractivity contribution is 5.82. The number of aryl methyl sites for hydroxylation is 2. The highest BCUT2D eigenvalue weighted by Gasteiger charge is 2.37. The zero-order valence-corrected chi connectivity index (χ0v) is 15.3. The van der Waals surface area contributed by atoms with Crippen LogP contribution in [0.25, 0.3) is 0 Å². The van der Waals surface area contributed by atoms with Crippen molar-refractivity contribution in [2.75, 3.05) is 19.8 Å². The normalized spacial score (nSPS) is 28.2. The summed E-state index contributed by atoms with van der Waals surface area (Å²) in [7, 11) is 0. The maximum Gasteiger partial charge on any atom is 0.241 e. The summed E-state index contributed by atoms with van der Waals surface area (Å²) < 4.78 is 5.50. The van der Waals surface area contributed by atoms with E-state index in [9.17, 15) is 9.90 Å². The number of rotatable bonds is 4. The first-order valence-corrected chi connectivity index (χ1v) is 9.10. The Kier molecular flexibility index (Phi) is 5.74. The molecule has 0 saturated carbocycles. The quantitative estimate of drug-likeness (QED) is 0.763. The molecule has 1 amide bonds.